The second-order valence-electron chi connectivity index (χ2n) is 11.1. The molecule has 1 heterocycles. The van der Waals surface area contributed by atoms with Gasteiger partial charge in [0.15, 0.2) is 18.1 Å². The molecule has 0 aromatic rings. The Labute approximate surface area is 202 Å². The van der Waals surface area contributed by atoms with Crippen molar-refractivity contribution in [1.82, 2.24) is 0 Å². The number of halogens is 1. The normalized spacial score (nSPS) is 45.3. The number of ether oxygens (including phenoxy) is 2. The summed E-state index contributed by atoms with van der Waals surface area (Å²) in [6.45, 7) is 3.30. The van der Waals surface area contributed by atoms with Gasteiger partial charge in [0.2, 0.25) is 5.78 Å². The third-order valence-electron chi connectivity index (χ3n) is 9.78. The van der Waals surface area contributed by atoms with E-state index < -0.39 is 64.9 Å². The number of allylic oxidation sites excluding steroid dienone is 4. The van der Waals surface area contributed by atoms with Crippen molar-refractivity contribution < 1.29 is 43.3 Å². The van der Waals surface area contributed by atoms with Gasteiger partial charge in [-0.05, 0) is 56.6 Å². The van der Waals surface area contributed by atoms with E-state index in [-0.39, 0.29) is 37.1 Å². The Morgan fingerprint density at radius 3 is 2.66 bits per heavy atom. The summed E-state index contributed by atoms with van der Waals surface area (Å²) in [5, 5.41) is 20.1. The average Bonchev–Trinajstić information content (AvgIpc) is 2.95. The Kier molecular flexibility index (Phi) is 5.42. The third kappa shape index (κ3) is 2.97. The molecular formula is C26H31FO8. The fourth-order valence-electron chi connectivity index (χ4n) is 8.20. The monoisotopic (exact) mass is 490 g/mol. The van der Waals surface area contributed by atoms with Crippen LogP contribution in [0.25, 0.3) is 0 Å². The maximum Gasteiger partial charge on any atom is 0.306 e. The number of aliphatic hydroxyl groups excluding tert-OH is 1. The molecule has 2 N–H and O–H groups in total. The van der Waals surface area contributed by atoms with Crippen LogP contribution in [0.2, 0.25) is 0 Å². The summed E-state index contributed by atoms with van der Waals surface area (Å²) in [6.07, 6.45) is 3.96. The third-order valence-corrected chi connectivity index (χ3v) is 9.78. The van der Waals surface area contributed by atoms with E-state index in [1.165, 1.54) is 12.2 Å². The van der Waals surface area contributed by atoms with E-state index in [1.807, 2.05) is 6.92 Å². The molecule has 5 aliphatic rings. The number of esters is 1. The van der Waals surface area contributed by atoms with Crippen LogP contribution in [0.15, 0.2) is 23.8 Å². The van der Waals surface area contributed by atoms with E-state index in [4.69, 9.17) is 14.6 Å². The molecule has 0 bridgehead atoms. The summed E-state index contributed by atoms with van der Waals surface area (Å²) in [7, 11) is 0. The number of carboxylic acids is 1. The van der Waals surface area contributed by atoms with Crippen LogP contribution in [-0.2, 0) is 28.7 Å². The van der Waals surface area contributed by atoms with Crippen molar-refractivity contribution in [2.75, 3.05) is 13.2 Å². The summed E-state index contributed by atoms with van der Waals surface area (Å²) < 4.78 is 28.2. The first-order chi connectivity index (χ1) is 16.4. The highest BCUT2D eigenvalue weighted by atomic mass is 19.1. The van der Waals surface area contributed by atoms with E-state index in [0.29, 0.717) is 24.8 Å². The van der Waals surface area contributed by atoms with Crippen LogP contribution in [0, 0.1) is 28.6 Å². The summed E-state index contributed by atoms with van der Waals surface area (Å²) in [6, 6.07) is 0. The fraction of sp³-hybridized carbons (Fsp3) is 0.692. The van der Waals surface area contributed by atoms with Gasteiger partial charge in [0.1, 0.15) is 5.60 Å². The van der Waals surface area contributed by atoms with Crippen molar-refractivity contribution in [2.45, 2.75) is 69.7 Å². The van der Waals surface area contributed by atoms with Crippen molar-refractivity contribution in [2.24, 2.45) is 28.6 Å². The van der Waals surface area contributed by atoms with Gasteiger partial charge in [-0.2, -0.15) is 0 Å². The van der Waals surface area contributed by atoms with Crippen molar-refractivity contribution in [3.05, 3.63) is 23.8 Å². The lowest BCUT2D eigenvalue weighted by molar-refractivity contribution is -0.310. The second-order valence-corrected chi connectivity index (χ2v) is 11.1. The maximum absolute atomic E-state index is 17.2. The largest absolute Gasteiger partial charge is 0.481 e. The van der Waals surface area contributed by atoms with Gasteiger partial charge in [0.25, 0.3) is 0 Å². The Hall–Kier alpha value is -2.39. The van der Waals surface area contributed by atoms with E-state index in [2.05, 4.69) is 0 Å². The maximum atomic E-state index is 17.2. The molecule has 0 aromatic carbocycles. The molecule has 4 aliphatic carbocycles. The van der Waals surface area contributed by atoms with E-state index in [1.54, 1.807) is 13.0 Å². The smallest absolute Gasteiger partial charge is 0.306 e. The van der Waals surface area contributed by atoms with Gasteiger partial charge in [-0.3, -0.25) is 19.2 Å². The highest BCUT2D eigenvalue weighted by Gasteiger charge is 2.81. The Morgan fingerprint density at radius 2 is 2.00 bits per heavy atom. The minimum atomic E-state index is -1.98. The SMILES string of the molecule is C[C@@H]1C[C@H]2[C@@H]3CCC4=CC(=O)C=C[C@]4(C)[C@@]3(F)[C@@H](O)C[C@@]23CO[C@]13C(=O)COC(=O)CCC(=O)O. The molecule has 8 atom stereocenters. The van der Waals surface area contributed by atoms with Crippen LogP contribution in [0.5, 0.6) is 0 Å². The molecule has 0 unspecified atom stereocenters. The quantitative estimate of drug-likeness (QED) is 0.543. The molecule has 5 rings (SSSR count). The van der Waals surface area contributed by atoms with E-state index in [0.717, 1.165) is 0 Å². The molecule has 0 radical (unpaired) electrons. The second kappa shape index (κ2) is 7.80. The minimum Gasteiger partial charge on any atom is -0.481 e. The van der Waals surface area contributed by atoms with Crippen LogP contribution in [0.1, 0.15) is 52.4 Å². The van der Waals surface area contributed by atoms with Crippen LogP contribution < -0.4 is 0 Å². The molecule has 35 heavy (non-hydrogen) atoms. The van der Waals surface area contributed by atoms with Crippen molar-refractivity contribution in [3.8, 4) is 0 Å². The van der Waals surface area contributed by atoms with Crippen molar-refractivity contribution >= 4 is 23.5 Å². The van der Waals surface area contributed by atoms with Crippen LogP contribution in [0.3, 0.4) is 0 Å². The van der Waals surface area contributed by atoms with Crippen LogP contribution in [-0.4, -0.2) is 64.3 Å². The minimum absolute atomic E-state index is 0.0400. The molecule has 3 saturated carbocycles. The predicted octanol–water partition coefficient (Wildman–Crippen LogP) is 2.33. The number of Topliss-reactive ketones (excluding diaryl/α,β-unsaturated/α-hetero) is 1. The van der Waals surface area contributed by atoms with Crippen molar-refractivity contribution in [1.29, 1.82) is 0 Å². The van der Waals surface area contributed by atoms with Gasteiger partial charge in [-0.15, -0.1) is 0 Å². The number of carbonyl (C=O) groups is 4. The molecule has 0 amide bonds. The van der Waals surface area contributed by atoms with Gasteiger partial charge in [0, 0.05) is 16.7 Å². The molecule has 0 aromatic heterocycles. The lowest BCUT2D eigenvalue weighted by Gasteiger charge is -2.67. The van der Waals surface area contributed by atoms with Gasteiger partial charge >= 0.3 is 11.9 Å². The molecule has 1 spiro atoms. The number of alkyl halides is 1. The molecule has 4 fully saturated rings. The van der Waals surface area contributed by atoms with Crippen LogP contribution in [0.4, 0.5) is 4.39 Å². The number of hydrogen-bond acceptors (Lipinski definition) is 7. The van der Waals surface area contributed by atoms with E-state index >= 15 is 4.39 Å². The fourth-order valence-corrected chi connectivity index (χ4v) is 8.20. The highest BCUT2D eigenvalue weighted by molar-refractivity contribution is 6.01. The number of aliphatic carboxylic acids is 1. The number of rotatable bonds is 6. The summed E-state index contributed by atoms with van der Waals surface area (Å²) in [5.41, 5.74) is -4.43. The number of hydrogen-bond donors (Lipinski definition) is 2. The van der Waals surface area contributed by atoms with E-state index in [9.17, 15) is 24.3 Å². The lowest BCUT2D eigenvalue weighted by atomic mass is 9.43. The highest BCUT2D eigenvalue weighted by Crippen LogP contribution is 2.74. The number of fused-ring (bicyclic) bond motifs is 4. The Morgan fingerprint density at radius 1 is 1.26 bits per heavy atom. The zero-order valence-corrected chi connectivity index (χ0v) is 19.9. The first kappa shape index (κ1) is 24.3. The first-order valence-electron chi connectivity index (χ1n) is 12.3. The van der Waals surface area contributed by atoms with Gasteiger partial charge in [-0.25, -0.2) is 4.39 Å². The van der Waals surface area contributed by atoms with Crippen molar-refractivity contribution in [3.63, 3.8) is 0 Å². The standard InChI is InChI=1S/C26H31FO8/c1-14-9-18-17-4-3-15-10-16(28)7-8-23(15,2)25(17,27)19(29)11-24(18)13-35-26(14,24)20(30)12-34-22(33)6-5-21(31)32/h7-8,10,14,17-19,29H,3-6,9,11-13H2,1-2H3,(H,31,32)/t14-,17+,18+,19+,23+,24-,25+,26+/m1/s1. The molecule has 8 nitrogen and oxygen atoms in total. The zero-order chi connectivity index (χ0) is 25.4. The van der Waals surface area contributed by atoms with Crippen LogP contribution >= 0.6 is 0 Å². The Bertz CT molecular complexity index is 1070. The number of carboxylic acid groups (broad SMARTS) is 1. The first-order valence-corrected chi connectivity index (χ1v) is 12.3. The summed E-state index contributed by atoms with van der Waals surface area (Å²) in [4.78, 5) is 48.0. The molecule has 190 valence electrons. The molecular weight excluding hydrogens is 459 g/mol. The van der Waals surface area contributed by atoms with Gasteiger partial charge in [0.05, 0.1) is 25.6 Å². The number of aliphatic hydroxyl groups is 1. The molecule has 9 heteroatoms. The number of ketones is 2. The molecule has 1 saturated heterocycles. The average molecular weight is 491 g/mol. The molecule has 1 aliphatic heterocycles. The topological polar surface area (TPSA) is 127 Å². The van der Waals surface area contributed by atoms with Gasteiger partial charge in [-0.1, -0.05) is 18.6 Å². The lowest BCUT2D eigenvalue weighted by Crippen LogP contribution is -2.76. The predicted molar refractivity (Wildman–Crippen MR) is 119 cm³/mol. The number of carbonyl (C=O) groups excluding carboxylic acids is 3. The zero-order valence-electron chi connectivity index (χ0n) is 19.9. The Balaban J connectivity index is 1.43. The van der Waals surface area contributed by atoms with Gasteiger partial charge < -0.3 is 19.7 Å². The summed E-state index contributed by atoms with van der Waals surface area (Å²) in [5.74, 6) is -3.52. The summed E-state index contributed by atoms with van der Waals surface area (Å²) >= 11 is 0.